The molecule has 3 aromatic rings. The highest BCUT2D eigenvalue weighted by Gasteiger charge is 2.18. The predicted molar refractivity (Wildman–Crippen MR) is 126 cm³/mol. The summed E-state index contributed by atoms with van der Waals surface area (Å²) in [4.78, 5) is 19.8. The lowest BCUT2D eigenvalue weighted by atomic mass is 10.0. The summed E-state index contributed by atoms with van der Waals surface area (Å²) < 4.78 is 16.4. The standard InChI is InChI=1S/C25H29N3O4/c1-17-6-5-13-28(15-17)23-12-9-18-7-4-8-22(25(18)27-23)32-16-24(29)26-20-14-19(30-2)10-11-21(20)31-3/h4,7-12,14,17H,5-6,13,15-16H2,1-3H3,(H,26,29). The van der Waals surface area contributed by atoms with Gasteiger partial charge in [-0.1, -0.05) is 19.1 Å². The molecule has 1 unspecified atom stereocenters. The molecule has 1 fully saturated rings. The number of carbonyl (C=O) groups is 1. The Bertz CT molecular complexity index is 1100. The van der Waals surface area contributed by atoms with E-state index in [0.29, 0.717) is 28.9 Å². The van der Waals surface area contributed by atoms with Crippen molar-refractivity contribution in [1.29, 1.82) is 0 Å². The minimum atomic E-state index is -0.297. The number of fused-ring (bicyclic) bond motifs is 1. The van der Waals surface area contributed by atoms with Gasteiger partial charge in [-0.25, -0.2) is 4.98 Å². The molecule has 2 aromatic carbocycles. The summed E-state index contributed by atoms with van der Waals surface area (Å²) >= 11 is 0. The zero-order chi connectivity index (χ0) is 22.5. The molecule has 7 nitrogen and oxygen atoms in total. The lowest BCUT2D eigenvalue weighted by molar-refractivity contribution is -0.118. The molecule has 1 aromatic heterocycles. The Morgan fingerprint density at radius 3 is 2.78 bits per heavy atom. The van der Waals surface area contributed by atoms with Gasteiger partial charge >= 0.3 is 0 Å². The molecule has 0 bridgehead atoms. The average molecular weight is 436 g/mol. The number of hydrogen-bond donors (Lipinski definition) is 1. The van der Waals surface area contributed by atoms with Crippen LogP contribution in [-0.2, 0) is 4.79 Å². The third-order valence-electron chi connectivity index (χ3n) is 5.69. The maximum absolute atomic E-state index is 12.6. The molecule has 1 aliphatic rings. The van der Waals surface area contributed by atoms with Crippen molar-refractivity contribution in [3.63, 3.8) is 0 Å². The lowest BCUT2D eigenvalue weighted by Crippen LogP contribution is -2.34. The molecule has 4 rings (SSSR count). The number of carbonyl (C=O) groups excluding carboxylic acids is 1. The molecule has 1 aliphatic heterocycles. The van der Waals surface area contributed by atoms with E-state index in [1.807, 2.05) is 18.2 Å². The fraction of sp³-hybridized carbons (Fsp3) is 0.360. The summed E-state index contributed by atoms with van der Waals surface area (Å²) in [5.74, 6) is 3.07. The second kappa shape index (κ2) is 9.77. The van der Waals surface area contributed by atoms with Crippen LogP contribution in [0.2, 0.25) is 0 Å². The minimum Gasteiger partial charge on any atom is -0.497 e. The van der Waals surface area contributed by atoms with Crippen molar-refractivity contribution in [3.8, 4) is 17.2 Å². The van der Waals surface area contributed by atoms with Gasteiger partial charge in [-0.15, -0.1) is 0 Å². The van der Waals surface area contributed by atoms with Crippen LogP contribution in [0.25, 0.3) is 10.9 Å². The SMILES string of the molecule is COc1ccc(OC)c(NC(=O)COc2cccc3ccc(N4CCCC(C)C4)nc23)c1. The summed E-state index contributed by atoms with van der Waals surface area (Å²) in [6, 6.07) is 15.1. The Kier molecular flexibility index (Phi) is 6.63. The molecule has 1 saturated heterocycles. The number of nitrogens with one attached hydrogen (secondary N) is 1. The molecular weight excluding hydrogens is 406 g/mol. The summed E-state index contributed by atoms with van der Waals surface area (Å²) in [6.45, 7) is 4.15. The van der Waals surface area contributed by atoms with Gasteiger partial charge < -0.3 is 24.4 Å². The molecule has 7 heteroatoms. The van der Waals surface area contributed by atoms with E-state index in [1.165, 1.54) is 12.8 Å². The first-order valence-electron chi connectivity index (χ1n) is 10.9. The van der Waals surface area contributed by atoms with Gasteiger partial charge in [0.25, 0.3) is 5.91 Å². The molecule has 0 radical (unpaired) electrons. The van der Waals surface area contributed by atoms with Crippen molar-refractivity contribution in [2.45, 2.75) is 19.8 Å². The van der Waals surface area contributed by atoms with Gasteiger partial charge in [0.2, 0.25) is 0 Å². The van der Waals surface area contributed by atoms with Gasteiger partial charge in [-0.3, -0.25) is 4.79 Å². The van der Waals surface area contributed by atoms with Crippen molar-refractivity contribution in [2.75, 3.05) is 44.1 Å². The number of rotatable bonds is 7. The molecule has 1 N–H and O–H groups in total. The van der Waals surface area contributed by atoms with Gasteiger partial charge in [-0.05, 0) is 49.1 Å². The van der Waals surface area contributed by atoms with Crippen LogP contribution in [0.5, 0.6) is 17.2 Å². The fourth-order valence-electron chi connectivity index (χ4n) is 4.04. The van der Waals surface area contributed by atoms with E-state index >= 15 is 0 Å². The highest BCUT2D eigenvalue weighted by molar-refractivity contribution is 5.94. The maximum atomic E-state index is 12.6. The summed E-state index contributed by atoms with van der Waals surface area (Å²) in [6.07, 6.45) is 2.43. The van der Waals surface area contributed by atoms with Gasteiger partial charge in [-0.2, -0.15) is 0 Å². The number of aromatic nitrogens is 1. The topological polar surface area (TPSA) is 72.9 Å². The monoisotopic (exact) mass is 435 g/mol. The van der Waals surface area contributed by atoms with Crippen LogP contribution in [0.1, 0.15) is 19.8 Å². The van der Waals surface area contributed by atoms with Crippen LogP contribution >= 0.6 is 0 Å². The van der Waals surface area contributed by atoms with Crippen LogP contribution < -0.4 is 24.4 Å². The van der Waals surface area contributed by atoms with Crippen molar-refractivity contribution in [2.24, 2.45) is 5.92 Å². The quantitative estimate of drug-likeness (QED) is 0.589. The van der Waals surface area contributed by atoms with Gasteiger partial charge in [0.15, 0.2) is 6.61 Å². The molecule has 0 aliphatic carbocycles. The lowest BCUT2D eigenvalue weighted by Gasteiger charge is -2.32. The molecule has 2 heterocycles. The average Bonchev–Trinajstić information content (AvgIpc) is 2.82. The van der Waals surface area contributed by atoms with E-state index in [-0.39, 0.29) is 12.5 Å². The van der Waals surface area contributed by atoms with E-state index in [0.717, 1.165) is 29.8 Å². The largest absolute Gasteiger partial charge is 0.497 e. The Hall–Kier alpha value is -3.48. The zero-order valence-electron chi connectivity index (χ0n) is 18.8. The number of piperidine rings is 1. The second-order valence-corrected chi connectivity index (χ2v) is 8.09. The van der Waals surface area contributed by atoms with Crippen LogP contribution in [0.15, 0.2) is 48.5 Å². The minimum absolute atomic E-state index is 0.147. The van der Waals surface area contributed by atoms with Gasteiger partial charge in [0.05, 0.1) is 19.9 Å². The van der Waals surface area contributed by atoms with E-state index in [9.17, 15) is 4.79 Å². The number of ether oxygens (including phenoxy) is 3. The fourth-order valence-corrected chi connectivity index (χ4v) is 4.04. The summed E-state index contributed by atoms with van der Waals surface area (Å²) in [5.41, 5.74) is 1.29. The predicted octanol–water partition coefficient (Wildman–Crippen LogP) is 4.51. The molecule has 1 amide bonds. The number of pyridine rings is 1. The third kappa shape index (κ3) is 4.88. The second-order valence-electron chi connectivity index (χ2n) is 8.09. The Balaban J connectivity index is 1.49. The molecule has 168 valence electrons. The van der Waals surface area contributed by atoms with Crippen LogP contribution in [0.4, 0.5) is 11.5 Å². The smallest absolute Gasteiger partial charge is 0.262 e. The first kappa shape index (κ1) is 21.7. The van der Waals surface area contributed by atoms with Crippen LogP contribution in [0.3, 0.4) is 0 Å². The molecule has 1 atom stereocenters. The van der Waals surface area contributed by atoms with Crippen molar-refractivity contribution < 1.29 is 19.0 Å². The number of para-hydroxylation sites is 1. The van der Waals surface area contributed by atoms with Crippen molar-refractivity contribution in [1.82, 2.24) is 4.98 Å². The molecular formula is C25H29N3O4. The van der Waals surface area contributed by atoms with E-state index < -0.39 is 0 Å². The van der Waals surface area contributed by atoms with Gasteiger partial charge in [0, 0.05) is 24.5 Å². The summed E-state index contributed by atoms with van der Waals surface area (Å²) in [5, 5.41) is 3.80. The number of benzene rings is 2. The van der Waals surface area contributed by atoms with E-state index in [2.05, 4.69) is 29.3 Å². The maximum Gasteiger partial charge on any atom is 0.262 e. The zero-order valence-corrected chi connectivity index (χ0v) is 18.8. The first-order valence-corrected chi connectivity index (χ1v) is 10.9. The number of methoxy groups -OCH3 is 2. The van der Waals surface area contributed by atoms with E-state index in [4.69, 9.17) is 19.2 Å². The number of amides is 1. The summed E-state index contributed by atoms with van der Waals surface area (Å²) in [7, 11) is 3.12. The number of anilines is 2. The van der Waals surface area contributed by atoms with E-state index in [1.54, 1.807) is 32.4 Å². The van der Waals surface area contributed by atoms with Crippen molar-refractivity contribution in [3.05, 3.63) is 48.5 Å². The molecule has 32 heavy (non-hydrogen) atoms. The third-order valence-corrected chi connectivity index (χ3v) is 5.69. The highest BCUT2D eigenvalue weighted by Crippen LogP contribution is 2.30. The number of nitrogens with zero attached hydrogens (tertiary/aromatic N) is 2. The molecule has 0 spiro atoms. The number of hydrogen-bond acceptors (Lipinski definition) is 6. The first-order chi connectivity index (χ1) is 15.6. The van der Waals surface area contributed by atoms with Gasteiger partial charge in [0.1, 0.15) is 28.6 Å². The van der Waals surface area contributed by atoms with Crippen LogP contribution in [0, 0.1) is 5.92 Å². The highest BCUT2D eigenvalue weighted by atomic mass is 16.5. The van der Waals surface area contributed by atoms with Crippen molar-refractivity contribution >= 4 is 28.3 Å². The Labute approximate surface area is 188 Å². The normalized spacial score (nSPS) is 16.0. The Morgan fingerprint density at radius 1 is 1.12 bits per heavy atom. The van der Waals surface area contributed by atoms with Crippen LogP contribution in [-0.4, -0.2) is 44.8 Å². The Morgan fingerprint density at radius 2 is 2.00 bits per heavy atom. The molecule has 0 saturated carbocycles.